The molecule has 5 heterocycles. The van der Waals surface area contributed by atoms with Gasteiger partial charge in [0, 0.05) is 49.7 Å². The Labute approximate surface area is 176 Å². The summed E-state index contributed by atoms with van der Waals surface area (Å²) >= 11 is 0. The van der Waals surface area contributed by atoms with Gasteiger partial charge in [-0.25, -0.2) is 9.89 Å². The highest BCUT2D eigenvalue weighted by Gasteiger charge is 2.36. The van der Waals surface area contributed by atoms with E-state index < -0.39 is 11.5 Å². The van der Waals surface area contributed by atoms with Gasteiger partial charge in [0.25, 0.3) is 11.1 Å². The number of carbonyl (C=O) groups is 2. The van der Waals surface area contributed by atoms with Gasteiger partial charge in [-0.05, 0) is 18.4 Å². The van der Waals surface area contributed by atoms with Gasteiger partial charge in [-0.3, -0.25) is 14.4 Å². The number of hydrogen-bond donors (Lipinski definition) is 1. The van der Waals surface area contributed by atoms with E-state index in [0.717, 1.165) is 12.1 Å². The first-order valence-electron chi connectivity index (χ1n) is 10.1. The molecule has 4 aliphatic heterocycles. The molecule has 2 bridgehead atoms. The monoisotopic (exact) mass is 423 g/mol. The number of amides is 1. The summed E-state index contributed by atoms with van der Waals surface area (Å²) in [4.78, 5) is 51.3. The molecule has 10 nitrogen and oxygen atoms in total. The molecule has 2 unspecified atom stereocenters. The number of piperidine rings is 1. The Bertz CT molecular complexity index is 1270. The number of pyridine rings is 2. The molecule has 0 aliphatic carbocycles. The number of carbonyl (C=O) groups excluding carboxylic acids is 2. The van der Waals surface area contributed by atoms with Crippen molar-refractivity contribution in [1.82, 2.24) is 24.2 Å². The molecule has 1 aromatic heterocycles. The van der Waals surface area contributed by atoms with Crippen LogP contribution < -0.4 is 11.1 Å². The van der Waals surface area contributed by atoms with Crippen molar-refractivity contribution in [2.24, 2.45) is 5.92 Å². The number of nitrogens with one attached hydrogen (secondary N) is 1. The maximum absolute atomic E-state index is 13.1. The molecule has 0 aromatic carbocycles. The first kappa shape index (κ1) is 19.3. The minimum atomic E-state index is -0.632. The van der Waals surface area contributed by atoms with Crippen LogP contribution in [0, 0.1) is 5.92 Å². The second-order valence-corrected chi connectivity index (χ2v) is 8.15. The van der Waals surface area contributed by atoms with Crippen LogP contribution in [0.4, 0.5) is 0 Å². The van der Waals surface area contributed by atoms with Crippen LogP contribution in [0.25, 0.3) is 11.3 Å². The fourth-order valence-corrected chi connectivity index (χ4v) is 4.80. The average Bonchev–Trinajstić information content (AvgIpc) is 3.14. The highest BCUT2D eigenvalue weighted by Crippen LogP contribution is 2.35. The van der Waals surface area contributed by atoms with E-state index in [0.29, 0.717) is 19.6 Å². The molecule has 0 saturated carbocycles. The van der Waals surface area contributed by atoms with E-state index in [1.165, 1.54) is 24.1 Å². The molecule has 5 rings (SSSR count). The lowest BCUT2D eigenvalue weighted by atomic mass is 9.83. The lowest BCUT2D eigenvalue weighted by molar-refractivity contribution is -0.134. The lowest BCUT2D eigenvalue weighted by Gasteiger charge is -2.42. The fourth-order valence-electron chi connectivity index (χ4n) is 4.80. The zero-order valence-electron chi connectivity index (χ0n) is 16.9. The summed E-state index contributed by atoms with van der Waals surface area (Å²) in [7, 11) is 1.25. The van der Waals surface area contributed by atoms with Crippen LogP contribution in [0.3, 0.4) is 0 Å². The van der Waals surface area contributed by atoms with Gasteiger partial charge in [0.05, 0.1) is 12.7 Å². The maximum atomic E-state index is 13.1. The molecule has 1 saturated heterocycles. The molecule has 0 radical (unpaired) electrons. The van der Waals surface area contributed by atoms with Crippen molar-refractivity contribution in [1.29, 1.82) is 0 Å². The molecule has 1 fully saturated rings. The normalized spacial score (nSPS) is 19.8. The highest BCUT2D eigenvalue weighted by molar-refractivity contribution is 5.96. The minimum Gasteiger partial charge on any atom is -0.465 e. The van der Waals surface area contributed by atoms with Crippen LogP contribution in [0.2, 0.25) is 0 Å². The van der Waals surface area contributed by atoms with E-state index in [2.05, 4.69) is 10.2 Å². The summed E-state index contributed by atoms with van der Waals surface area (Å²) in [6.07, 6.45) is 3.95. The van der Waals surface area contributed by atoms with E-state index >= 15 is 0 Å². The van der Waals surface area contributed by atoms with Crippen molar-refractivity contribution in [3.05, 3.63) is 62.6 Å². The van der Waals surface area contributed by atoms with Gasteiger partial charge in [0.2, 0.25) is 5.91 Å². The zero-order valence-corrected chi connectivity index (χ0v) is 16.9. The van der Waals surface area contributed by atoms with E-state index in [9.17, 15) is 19.2 Å². The third-order valence-corrected chi connectivity index (χ3v) is 6.17. The Morgan fingerprint density at radius 2 is 2.03 bits per heavy atom. The SMILES string of the molecule is COC(=O)c1cn(CC(=O)N2CC3CC(C2)c2cccc(=O)n2C3)cc2c(=O)[nH]nc1-2. The predicted molar refractivity (Wildman–Crippen MR) is 109 cm³/mol. The van der Waals surface area contributed by atoms with E-state index in [1.807, 2.05) is 15.5 Å². The smallest absolute Gasteiger partial charge is 0.341 e. The van der Waals surface area contributed by atoms with Gasteiger partial charge in [0.15, 0.2) is 0 Å². The fraction of sp³-hybridized carbons (Fsp3) is 0.381. The van der Waals surface area contributed by atoms with E-state index in [1.54, 1.807) is 12.1 Å². The number of fused-ring (bicyclic) bond motifs is 5. The first-order valence-corrected chi connectivity index (χ1v) is 10.1. The van der Waals surface area contributed by atoms with Gasteiger partial charge < -0.3 is 18.8 Å². The number of hydrogen-bond acceptors (Lipinski definition) is 6. The van der Waals surface area contributed by atoms with Crippen LogP contribution in [-0.4, -0.2) is 56.3 Å². The molecule has 0 spiro atoms. The van der Waals surface area contributed by atoms with Gasteiger partial charge in [-0.15, -0.1) is 0 Å². The van der Waals surface area contributed by atoms with Crippen LogP contribution >= 0.6 is 0 Å². The number of methoxy groups -OCH3 is 1. The summed E-state index contributed by atoms with van der Waals surface area (Å²) < 4.78 is 8.14. The average molecular weight is 423 g/mol. The molecule has 1 aromatic rings. The topological polar surface area (TPSA) is 119 Å². The summed E-state index contributed by atoms with van der Waals surface area (Å²) in [5.41, 5.74) is 1.10. The minimum absolute atomic E-state index is 0.000275. The number of ether oxygens (including phenoxy) is 1. The van der Waals surface area contributed by atoms with Gasteiger partial charge >= 0.3 is 5.97 Å². The van der Waals surface area contributed by atoms with Crippen molar-refractivity contribution in [3.63, 3.8) is 0 Å². The standard InChI is InChI=1S/C21H21N5O5/c1-31-21(30)15-10-24(9-14-19(15)22-23-20(14)29)11-18(28)25-6-12-5-13(8-25)16-3-2-4-17(27)26(16)7-12/h2-4,9-10,12-13H,5-8,11H2,1H3,(H,23,29). The summed E-state index contributed by atoms with van der Waals surface area (Å²) in [6.45, 7) is 1.69. The zero-order chi connectivity index (χ0) is 21.7. The van der Waals surface area contributed by atoms with E-state index in [-0.39, 0.29) is 46.7 Å². The maximum Gasteiger partial charge on any atom is 0.341 e. The van der Waals surface area contributed by atoms with Gasteiger partial charge in [0.1, 0.15) is 17.8 Å². The summed E-state index contributed by atoms with van der Waals surface area (Å²) in [6, 6.07) is 5.29. The lowest BCUT2D eigenvalue weighted by Crippen LogP contribution is -2.49. The van der Waals surface area contributed by atoms with Crippen LogP contribution in [0.15, 0.2) is 40.2 Å². The number of esters is 1. The third-order valence-electron chi connectivity index (χ3n) is 6.17. The Morgan fingerprint density at radius 3 is 2.84 bits per heavy atom. The number of likely N-dealkylation sites (tertiary alicyclic amines) is 1. The second kappa shape index (κ2) is 7.22. The first-order chi connectivity index (χ1) is 14.9. The Hall–Kier alpha value is -3.69. The number of H-pyrrole nitrogens is 1. The molecular formula is C21H21N5O5. The van der Waals surface area contributed by atoms with Crippen LogP contribution in [0.1, 0.15) is 28.4 Å². The number of nitrogens with zero attached hydrogens (tertiary/aromatic N) is 4. The number of rotatable bonds is 3. The molecule has 4 aliphatic rings. The summed E-state index contributed by atoms with van der Waals surface area (Å²) in [5.74, 6) is -0.411. The molecule has 10 heteroatoms. The molecule has 31 heavy (non-hydrogen) atoms. The Morgan fingerprint density at radius 1 is 1.19 bits per heavy atom. The predicted octanol–water partition coefficient (Wildman–Crippen LogP) is 0.270. The van der Waals surface area contributed by atoms with Crippen molar-refractivity contribution in [2.75, 3.05) is 20.2 Å². The molecule has 1 amide bonds. The second-order valence-electron chi connectivity index (χ2n) is 8.15. The molecule has 1 N–H and O–H groups in total. The van der Waals surface area contributed by atoms with Crippen LogP contribution in [-0.2, 0) is 22.6 Å². The van der Waals surface area contributed by atoms with Crippen molar-refractivity contribution in [2.45, 2.75) is 25.4 Å². The van der Waals surface area contributed by atoms with Gasteiger partial charge in [-0.2, -0.15) is 5.10 Å². The van der Waals surface area contributed by atoms with Gasteiger partial charge in [-0.1, -0.05) is 6.07 Å². The Balaban J connectivity index is 1.41. The number of aromatic amines is 1. The van der Waals surface area contributed by atoms with Crippen LogP contribution in [0.5, 0.6) is 0 Å². The highest BCUT2D eigenvalue weighted by atomic mass is 16.5. The van der Waals surface area contributed by atoms with Crippen molar-refractivity contribution in [3.8, 4) is 11.3 Å². The quantitative estimate of drug-likeness (QED) is 0.604. The molecule has 2 atom stereocenters. The molecular weight excluding hydrogens is 402 g/mol. The Kier molecular flexibility index (Phi) is 4.49. The largest absolute Gasteiger partial charge is 0.465 e. The number of aromatic nitrogens is 4. The molecule has 160 valence electrons. The van der Waals surface area contributed by atoms with Crippen molar-refractivity contribution >= 4 is 11.9 Å². The summed E-state index contributed by atoms with van der Waals surface area (Å²) in [5, 5.41) is 6.22. The van der Waals surface area contributed by atoms with E-state index in [4.69, 9.17) is 4.74 Å². The third kappa shape index (κ3) is 3.24. The van der Waals surface area contributed by atoms with Crippen molar-refractivity contribution < 1.29 is 14.3 Å².